The van der Waals surface area contributed by atoms with E-state index in [1.807, 2.05) is 13.0 Å². The molecular weight excluding hydrogens is 350 g/mol. The maximum absolute atomic E-state index is 12.9. The van der Waals surface area contributed by atoms with Crippen LogP contribution in [0.5, 0.6) is 0 Å². The molecule has 0 fully saturated rings. The van der Waals surface area contributed by atoms with Crippen LogP contribution in [0.25, 0.3) is 10.2 Å². The van der Waals surface area contributed by atoms with Crippen LogP contribution in [0.4, 0.5) is 0 Å². The van der Waals surface area contributed by atoms with Crippen molar-refractivity contribution < 1.29 is 9.21 Å². The van der Waals surface area contributed by atoms with Gasteiger partial charge in [-0.2, -0.15) is 0 Å². The summed E-state index contributed by atoms with van der Waals surface area (Å²) in [5, 5.41) is 3.55. The van der Waals surface area contributed by atoms with E-state index in [2.05, 4.69) is 17.2 Å². The number of nitrogens with zero attached hydrogens (tertiary/aromatic N) is 2. The van der Waals surface area contributed by atoms with Crippen molar-refractivity contribution >= 4 is 27.5 Å². The molecule has 0 saturated carbocycles. The van der Waals surface area contributed by atoms with Crippen LogP contribution in [-0.4, -0.2) is 15.5 Å². The number of carbonyl (C=O) groups excluding carboxylic acids is 1. The van der Waals surface area contributed by atoms with Gasteiger partial charge in [0.25, 0.3) is 5.56 Å². The summed E-state index contributed by atoms with van der Waals surface area (Å²) in [4.78, 5) is 31.8. The number of nitrogens with one attached hydrogen (secondary N) is 1. The Morgan fingerprint density at radius 1 is 1.54 bits per heavy atom. The molecule has 3 aromatic heterocycles. The lowest BCUT2D eigenvalue weighted by atomic mass is 9.89. The molecule has 0 spiro atoms. The summed E-state index contributed by atoms with van der Waals surface area (Å²) in [5.41, 5.74) is 1.02. The fourth-order valence-electron chi connectivity index (χ4n) is 3.53. The second-order valence-corrected chi connectivity index (χ2v) is 8.10. The maximum Gasteiger partial charge on any atom is 0.262 e. The van der Waals surface area contributed by atoms with Crippen LogP contribution >= 0.6 is 11.3 Å². The van der Waals surface area contributed by atoms with Gasteiger partial charge in [-0.15, -0.1) is 11.3 Å². The average Bonchev–Trinajstić information content (AvgIpc) is 3.24. The van der Waals surface area contributed by atoms with Crippen molar-refractivity contribution in [2.45, 2.75) is 45.7 Å². The molecular formula is C19H21N3O3S. The monoisotopic (exact) mass is 371 g/mol. The first-order valence-electron chi connectivity index (χ1n) is 8.85. The number of amides is 1. The highest BCUT2D eigenvalue weighted by atomic mass is 32.1. The topological polar surface area (TPSA) is 77.1 Å². The number of fused-ring (bicyclic) bond motifs is 3. The molecule has 1 aliphatic carbocycles. The second-order valence-electron chi connectivity index (χ2n) is 7.01. The zero-order chi connectivity index (χ0) is 18.3. The highest BCUT2D eigenvalue weighted by Gasteiger charge is 2.23. The van der Waals surface area contributed by atoms with Crippen LogP contribution in [0.3, 0.4) is 0 Å². The lowest BCUT2D eigenvalue weighted by molar-refractivity contribution is -0.122. The van der Waals surface area contributed by atoms with E-state index in [1.54, 1.807) is 23.7 Å². The summed E-state index contributed by atoms with van der Waals surface area (Å²) in [7, 11) is 0. The van der Waals surface area contributed by atoms with E-state index < -0.39 is 0 Å². The zero-order valence-corrected chi connectivity index (χ0v) is 15.6. The Labute approximate surface area is 154 Å². The number of thiophene rings is 1. The Morgan fingerprint density at radius 2 is 2.38 bits per heavy atom. The first-order valence-corrected chi connectivity index (χ1v) is 9.67. The van der Waals surface area contributed by atoms with E-state index in [0.717, 1.165) is 29.7 Å². The van der Waals surface area contributed by atoms with Crippen LogP contribution in [0.1, 0.15) is 42.5 Å². The smallest absolute Gasteiger partial charge is 0.262 e. The molecule has 1 amide bonds. The predicted octanol–water partition coefficient (Wildman–Crippen LogP) is 3.05. The molecule has 3 aromatic rings. The maximum atomic E-state index is 12.9. The predicted molar refractivity (Wildman–Crippen MR) is 100 cm³/mol. The molecule has 6 nitrogen and oxygen atoms in total. The van der Waals surface area contributed by atoms with Gasteiger partial charge in [-0.3, -0.25) is 14.2 Å². The molecule has 26 heavy (non-hydrogen) atoms. The SMILES string of the molecule is C[C@H]1CCc2c(sc3ncn(CC(=O)N[C@@H](C)c4ccco4)c(=O)c23)C1. The highest BCUT2D eigenvalue weighted by Crippen LogP contribution is 2.35. The van der Waals surface area contributed by atoms with Crippen molar-refractivity contribution in [2.75, 3.05) is 0 Å². The van der Waals surface area contributed by atoms with Crippen molar-refractivity contribution in [1.82, 2.24) is 14.9 Å². The third-order valence-electron chi connectivity index (χ3n) is 4.94. The third kappa shape index (κ3) is 3.07. The Balaban J connectivity index is 1.58. The number of carbonyl (C=O) groups is 1. The van der Waals surface area contributed by atoms with Crippen molar-refractivity contribution in [2.24, 2.45) is 5.92 Å². The fraction of sp³-hybridized carbons (Fsp3) is 0.421. The van der Waals surface area contributed by atoms with E-state index in [9.17, 15) is 9.59 Å². The van der Waals surface area contributed by atoms with E-state index in [-0.39, 0.29) is 24.1 Å². The number of rotatable bonds is 4. The van der Waals surface area contributed by atoms with E-state index in [4.69, 9.17) is 4.42 Å². The van der Waals surface area contributed by atoms with Crippen LogP contribution in [0.15, 0.2) is 33.9 Å². The summed E-state index contributed by atoms with van der Waals surface area (Å²) in [6, 6.07) is 3.34. The number of furan rings is 1. The molecule has 0 bridgehead atoms. The van der Waals surface area contributed by atoms with Crippen molar-refractivity contribution in [3.05, 3.63) is 51.3 Å². The largest absolute Gasteiger partial charge is 0.467 e. The minimum absolute atomic E-state index is 0.0478. The van der Waals surface area contributed by atoms with Crippen LogP contribution in [0.2, 0.25) is 0 Å². The summed E-state index contributed by atoms with van der Waals surface area (Å²) in [6.07, 6.45) is 6.07. The Morgan fingerprint density at radius 3 is 3.15 bits per heavy atom. The standard InChI is InChI=1S/C19H21N3O3S/c1-11-5-6-13-15(8-11)26-18-17(13)19(24)22(10-20-18)9-16(23)21-12(2)14-4-3-7-25-14/h3-4,7,10-12H,5-6,8-9H2,1-2H3,(H,21,23)/t11-,12-/m0/s1. The first-order chi connectivity index (χ1) is 12.5. The van der Waals surface area contributed by atoms with Crippen LogP contribution in [0, 0.1) is 5.92 Å². The van der Waals surface area contributed by atoms with E-state index in [1.165, 1.54) is 15.8 Å². The van der Waals surface area contributed by atoms with Gasteiger partial charge in [0.15, 0.2) is 0 Å². The molecule has 136 valence electrons. The second kappa shape index (κ2) is 6.72. The zero-order valence-electron chi connectivity index (χ0n) is 14.8. The molecule has 4 rings (SSSR count). The Hall–Kier alpha value is -2.41. The Bertz CT molecular complexity index is 1000. The minimum Gasteiger partial charge on any atom is -0.467 e. The third-order valence-corrected chi connectivity index (χ3v) is 6.11. The van der Waals surface area contributed by atoms with Crippen molar-refractivity contribution in [1.29, 1.82) is 0 Å². The summed E-state index contributed by atoms with van der Waals surface area (Å²) in [5.74, 6) is 1.09. The molecule has 7 heteroatoms. The summed E-state index contributed by atoms with van der Waals surface area (Å²) in [6.45, 7) is 4.04. The quantitative estimate of drug-likeness (QED) is 0.765. The van der Waals surface area contributed by atoms with Crippen LogP contribution < -0.4 is 10.9 Å². The average molecular weight is 371 g/mol. The van der Waals surface area contributed by atoms with Gasteiger partial charge in [0.1, 0.15) is 17.1 Å². The van der Waals surface area contributed by atoms with Gasteiger partial charge < -0.3 is 9.73 Å². The lowest BCUT2D eigenvalue weighted by Gasteiger charge is -2.17. The normalized spacial score (nSPS) is 17.8. The van der Waals surface area contributed by atoms with Gasteiger partial charge >= 0.3 is 0 Å². The summed E-state index contributed by atoms with van der Waals surface area (Å²) < 4.78 is 6.69. The van der Waals surface area contributed by atoms with Crippen molar-refractivity contribution in [3.63, 3.8) is 0 Å². The van der Waals surface area contributed by atoms with Crippen molar-refractivity contribution in [3.8, 4) is 0 Å². The highest BCUT2D eigenvalue weighted by molar-refractivity contribution is 7.18. The molecule has 3 heterocycles. The van der Waals surface area contributed by atoms with Gasteiger partial charge in [0.05, 0.1) is 24.0 Å². The molecule has 0 unspecified atom stereocenters. The first kappa shape index (κ1) is 17.0. The number of aromatic nitrogens is 2. The minimum atomic E-state index is -0.250. The molecule has 2 atom stereocenters. The summed E-state index contributed by atoms with van der Waals surface area (Å²) >= 11 is 1.62. The van der Waals surface area contributed by atoms with Gasteiger partial charge in [-0.25, -0.2) is 4.98 Å². The number of hydrogen-bond acceptors (Lipinski definition) is 5. The fourth-order valence-corrected chi connectivity index (χ4v) is 4.87. The van der Waals surface area contributed by atoms with Gasteiger partial charge in [-0.05, 0) is 49.8 Å². The molecule has 0 aliphatic heterocycles. The van der Waals surface area contributed by atoms with E-state index >= 15 is 0 Å². The molecule has 0 saturated heterocycles. The molecule has 0 aromatic carbocycles. The van der Waals surface area contributed by atoms with E-state index in [0.29, 0.717) is 17.1 Å². The number of hydrogen-bond donors (Lipinski definition) is 1. The molecule has 0 radical (unpaired) electrons. The molecule has 1 N–H and O–H groups in total. The van der Waals surface area contributed by atoms with Crippen LogP contribution in [-0.2, 0) is 24.2 Å². The van der Waals surface area contributed by atoms with Gasteiger partial charge in [0, 0.05) is 4.88 Å². The molecule has 1 aliphatic rings. The lowest BCUT2D eigenvalue weighted by Crippen LogP contribution is -2.34. The Kier molecular flexibility index (Phi) is 4.40. The van der Waals surface area contributed by atoms with Gasteiger partial charge in [0.2, 0.25) is 5.91 Å². The van der Waals surface area contributed by atoms with Gasteiger partial charge in [-0.1, -0.05) is 6.92 Å². The number of aryl methyl sites for hydroxylation is 1.